The van der Waals surface area contributed by atoms with Gasteiger partial charge in [-0.2, -0.15) is 0 Å². The summed E-state index contributed by atoms with van der Waals surface area (Å²) in [5.41, 5.74) is 7.28. The van der Waals surface area contributed by atoms with Gasteiger partial charge in [-0.1, -0.05) is 54.6 Å². The Labute approximate surface area is 219 Å². The maximum Gasteiger partial charge on any atom is 0.261 e. The maximum atomic E-state index is 13.2. The van der Waals surface area contributed by atoms with Gasteiger partial charge in [-0.05, 0) is 71.6 Å². The molecule has 5 heteroatoms. The molecule has 1 aliphatic rings. The molecule has 3 heterocycles. The van der Waals surface area contributed by atoms with Crippen molar-refractivity contribution in [2.45, 2.75) is 6.42 Å². The highest BCUT2D eigenvalue weighted by atomic mass is 16.2. The topological polar surface area (TPSA) is 55.2 Å². The van der Waals surface area contributed by atoms with Crippen molar-refractivity contribution >= 4 is 33.6 Å². The van der Waals surface area contributed by atoms with Gasteiger partial charge in [0, 0.05) is 35.4 Å². The van der Waals surface area contributed by atoms with Crippen molar-refractivity contribution in [1.82, 2.24) is 14.5 Å². The Morgan fingerprint density at radius 1 is 0.605 bits per heavy atom. The van der Waals surface area contributed by atoms with Gasteiger partial charge in [-0.3, -0.25) is 19.5 Å². The van der Waals surface area contributed by atoms with Crippen molar-refractivity contribution in [3.63, 3.8) is 0 Å². The highest BCUT2D eigenvalue weighted by molar-refractivity contribution is 6.21. The molecular formula is C33H23N3O2. The third-order valence-electron chi connectivity index (χ3n) is 7.38. The van der Waals surface area contributed by atoms with Crippen LogP contribution in [0.1, 0.15) is 26.3 Å². The zero-order valence-corrected chi connectivity index (χ0v) is 20.5. The van der Waals surface area contributed by atoms with Crippen molar-refractivity contribution in [1.29, 1.82) is 0 Å². The standard InChI is InChI=1S/C33H23N3O2/c37-32-28-14-11-24(21-29(28)33(38)35(32)20-17-22-15-18-34-19-16-22)23-9-12-25(13-10-23)36-30-7-3-1-5-26(30)27-6-2-4-8-31(27)36/h1-16,18-19,21H,17,20H2. The highest BCUT2D eigenvalue weighted by Gasteiger charge is 2.35. The summed E-state index contributed by atoms with van der Waals surface area (Å²) in [6.07, 6.45) is 4.04. The second kappa shape index (κ2) is 8.82. The highest BCUT2D eigenvalue weighted by Crippen LogP contribution is 2.33. The Morgan fingerprint density at radius 2 is 1.21 bits per heavy atom. The lowest BCUT2D eigenvalue weighted by Gasteiger charge is -2.13. The summed E-state index contributed by atoms with van der Waals surface area (Å²) in [7, 11) is 0. The molecule has 0 N–H and O–H groups in total. The Morgan fingerprint density at radius 3 is 1.89 bits per heavy atom. The van der Waals surface area contributed by atoms with E-state index in [4.69, 9.17) is 0 Å². The quantitative estimate of drug-likeness (QED) is 0.252. The molecule has 1 aliphatic heterocycles. The van der Waals surface area contributed by atoms with E-state index in [-0.39, 0.29) is 11.8 Å². The summed E-state index contributed by atoms with van der Waals surface area (Å²) in [5, 5.41) is 2.45. The van der Waals surface area contributed by atoms with E-state index in [9.17, 15) is 9.59 Å². The molecule has 0 spiro atoms. The van der Waals surface area contributed by atoms with Gasteiger partial charge in [0.1, 0.15) is 0 Å². The van der Waals surface area contributed by atoms with Crippen LogP contribution in [0.2, 0.25) is 0 Å². The summed E-state index contributed by atoms with van der Waals surface area (Å²) < 4.78 is 2.28. The minimum atomic E-state index is -0.234. The molecule has 4 aromatic carbocycles. The Bertz CT molecular complexity index is 1800. The zero-order chi connectivity index (χ0) is 25.6. The van der Waals surface area contributed by atoms with E-state index in [1.165, 1.54) is 15.7 Å². The Kier molecular flexibility index (Phi) is 5.15. The minimum absolute atomic E-state index is 0.229. The van der Waals surface area contributed by atoms with E-state index in [1.807, 2.05) is 24.3 Å². The van der Waals surface area contributed by atoms with E-state index in [1.54, 1.807) is 18.5 Å². The number of carbonyl (C=O) groups excluding carboxylic acids is 2. The van der Waals surface area contributed by atoms with Crippen LogP contribution in [-0.2, 0) is 6.42 Å². The summed E-state index contributed by atoms with van der Waals surface area (Å²) in [6, 6.07) is 34.6. The lowest BCUT2D eigenvalue weighted by atomic mass is 10.00. The van der Waals surface area contributed by atoms with E-state index in [2.05, 4.69) is 82.3 Å². The molecule has 38 heavy (non-hydrogen) atoms. The van der Waals surface area contributed by atoms with E-state index >= 15 is 0 Å². The van der Waals surface area contributed by atoms with Crippen LogP contribution in [0.5, 0.6) is 0 Å². The van der Waals surface area contributed by atoms with Gasteiger partial charge in [-0.15, -0.1) is 0 Å². The molecule has 0 atom stereocenters. The number of nitrogens with zero attached hydrogens (tertiary/aromatic N) is 3. The first-order valence-corrected chi connectivity index (χ1v) is 12.7. The lowest BCUT2D eigenvalue weighted by molar-refractivity contribution is 0.0656. The normalized spacial score (nSPS) is 13.0. The van der Waals surface area contributed by atoms with Crippen molar-refractivity contribution in [3.8, 4) is 16.8 Å². The number of rotatable bonds is 5. The average molecular weight is 494 g/mol. The van der Waals surface area contributed by atoms with E-state index < -0.39 is 0 Å². The number of fused-ring (bicyclic) bond motifs is 4. The summed E-state index contributed by atoms with van der Waals surface area (Å²) in [5.74, 6) is -0.463. The van der Waals surface area contributed by atoms with Crippen molar-refractivity contribution in [3.05, 3.63) is 132 Å². The fourth-order valence-electron chi connectivity index (χ4n) is 5.47. The van der Waals surface area contributed by atoms with Gasteiger partial charge in [-0.25, -0.2) is 0 Å². The molecule has 7 rings (SSSR count). The molecule has 2 amide bonds. The number of para-hydroxylation sites is 2. The second-order valence-corrected chi connectivity index (χ2v) is 9.54. The molecule has 0 unspecified atom stereocenters. The maximum absolute atomic E-state index is 13.2. The van der Waals surface area contributed by atoms with Gasteiger partial charge < -0.3 is 4.57 Å². The number of hydrogen-bond donors (Lipinski definition) is 0. The molecular weight excluding hydrogens is 470 g/mol. The predicted molar refractivity (Wildman–Crippen MR) is 150 cm³/mol. The number of imide groups is 1. The molecule has 0 radical (unpaired) electrons. The molecule has 0 saturated carbocycles. The van der Waals surface area contributed by atoms with Gasteiger partial charge in [0.15, 0.2) is 0 Å². The third-order valence-corrected chi connectivity index (χ3v) is 7.38. The Hall–Kier alpha value is -5.03. The van der Waals surface area contributed by atoms with Crippen LogP contribution in [0.3, 0.4) is 0 Å². The molecule has 182 valence electrons. The zero-order valence-electron chi connectivity index (χ0n) is 20.5. The molecule has 0 saturated heterocycles. The minimum Gasteiger partial charge on any atom is -0.309 e. The van der Waals surface area contributed by atoms with Crippen molar-refractivity contribution < 1.29 is 9.59 Å². The van der Waals surface area contributed by atoms with Gasteiger partial charge >= 0.3 is 0 Å². The average Bonchev–Trinajstić information content (AvgIpc) is 3.43. The molecule has 0 aliphatic carbocycles. The summed E-state index contributed by atoms with van der Waals surface area (Å²) in [6.45, 7) is 0.346. The molecule has 6 aromatic rings. The smallest absolute Gasteiger partial charge is 0.261 e. The van der Waals surface area contributed by atoms with Crippen molar-refractivity contribution in [2.75, 3.05) is 6.54 Å². The van der Waals surface area contributed by atoms with E-state index in [0.717, 1.165) is 33.4 Å². The van der Waals surface area contributed by atoms with Crippen LogP contribution in [-0.4, -0.2) is 32.8 Å². The first kappa shape index (κ1) is 22.2. The Balaban J connectivity index is 1.20. The lowest BCUT2D eigenvalue weighted by Crippen LogP contribution is -2.31. The largest absolute Gasteiger partial charge is 0.309 e. The second-order valence-electron chi connectivity index (χ2n) is 9.54. The first-order valence-electron chi connectivity index (χ1n) is 12.7. The number of pyridine rings is 1. The SMILES string of the molecule is O=C1c2ccc(-c3ccc(-n4c5ccccc5c5ccccc54)cc3)cc2C(=O)N1CCc1ccncc1. The van der Waals surface area contributed by atoms with Crippen LogP contribution >= 0.6 is 0 Å². The molecule has 0 bridgehead atoms. The molecule has 5 nitrogen and oxygen atoms in total. The summed E-state index contributed by atoms with van der Waals surface area (Å²) in [4.78, 5) is 31.5. The monoisotopic (exact) mass is 493 g/mol. The first-order chi connectivity index (χ1) is 18.7. The predicted octanol–water partition coefficient (Wildman–Crippen LogP) is 6.68. The number of carbonyl (C=O) groups is 2. The van der Waals surface area contributed by atoms with Crippen LogP contribution in [0.15, 0.2) is 116 Å². The van der Waals surface area contributed by atoms with Crippen molar-refractivity contribution in [2.24, 2.45) is 0 Å². The van der Waals surface area contributed by atoms with Gasteiger partial charge in [0.05, 0.1) is 22.2 Å². The van der Waals surface area contributed by atoms with Crippen LogP contribution in [0.4, 0.5) is 0 Å². The van der Waals surface area contributed by atoms with Gasteiger partial charge in [0.25, 0.3) is 11.8 Å². The van der Waals surface area contributed by atoms with Gasteiger partial charge in [0.2, 0.25) is 0 Å². The number of aromatic nitrogens is 2. The van der Waals surface area contributed by atoms with E-state index in [0.29, 0.717) is 24.1 Å². The number of hydrogen-bond acceptors (Lipinski definition) is 3. The van der Waals surface area contributed by atoms with Crippen LogP contribution in [0.25, 0.3) is 38.6 Å². The fraction of sp³-hybridized carbons (Fsp3) is 0.0606. The van der Waals surface area contributed by atoms with Crippen LogP contribution in [0, 0.1) is 0 Å². The molecule has 2 aromatic heterocycles. The fourth-order valence-corrected chi connectivity index (χ4v) is 5.47. The molecule has 0 fully saturated rings. The number of amides is 2. The summed E-state index contributed by atoms with van der Waals surface area (Å²) >= 11 is 0. The number of benzene rings is 4. The third kappa shape index (κ3) is 3.51. The van der Waals surface area contributed by atoms with Crippen LogP contribution < -0.4 is 0 Å².